The van der Waals surface area contributed by atoms with Gasteiger partial charge in [0.1, 0.15) is 0 Å². The molecule has 2 unspecified atom stereocenters. The van der Waals surface area contributed by atoms with Gasteiger partial charge in [-0.1, -0.05) is 158 Å². The summed E-state index contributed by atoms with van der Waals surface area (Å²) in [5.74, 6) is 0.819. The molecule has 7 aromatic carbocycles. The van der Waals surface area contributed by atoms with Gasteiger partial charge in [-0.25, -0.2) is 0 Å². The molecule has 0 aliphatic heterocycles. The first-order chi connectivity index (χ1) is 21.9. The summed E-state index contributed by atoms with van der Waals surface area (Å²) in [6, 6.07) is 53.7. The monoisotopic (exact) mass is 560 g/mol. The molecule has 0 aromatic heterocycles. The summed E-state index contributed by atoms with van der Waals surface area (Å²) in [6.45, 7) is 0. The predicted octanol–water partition coefficient (Wildman–Crippen LogP) is 12.2. The van der Waals surface area contributed by atoms with Crippen molar-refractivity contribution < 1.29 is 0 Å². The molecule has 0 spiro atoms. The van der Waals surface area contributed by atoms with Crippen molar-refractivity contribution in [3.8, 4) is 44.5 Å². The van der Waals surface area contributed by atoms with E-state index in [-0.39, 0.29) is 0 Å². The van der Waals surface area contributed by atoms with Crippen LogP contribution in [0.4, 0.5) is 0 Å². The fraction of sp³-hybridized carbons (Fsp3) is 0.0909. The van der Waals surface area contributed by atoms with Gasteiger partial charge < -0.3 is 0 Å². The van der Waals surface area contributed by atoms with Crippen LogP contribution in [0.1, 0.15) is 35.8 Å². The molecule has 2 bridgehead atoms. The molecule has 0 N–H and O–H groups in total. The molecule has 0 fully saturated rings. The van der Waals surface area contributed by atoms with E-state index in [1.165, 1.54) is 90.0 Å². The number of benzene rings is 7. The van der Waals surface area contributed by atoms with Gasteiger partial charge >= 0.3 is 0 Å². The Bertz CT molecular complexity index is 2030. The standard InChI is InChI=1S/C44H32/c1-5-15-29(16-6-1)37-35-23-13-14-24-36(35)38(30-17-7-2-8-18-30)44-42(32-21-11-4-12-22-32)40-34-27-25-33(26-28-34)39(40)41(43(37)44)31-19-9-3-10-20-31/h1-25,27,33-34H,26,28H2. The van der Waals surface area contributed by atoms with Gasteiger partial charge in [0.25, 0.3) is 0 Å². The number of hydrogen-bond donors (Lipinski definition) is 0. The Labute approximate surface area is 259 Å². The average molecular weight is 561 g/mol. The molecule has 208 valence electrons. The second-order valence-electron chi connectivity index (χ2n) is 12.3. The van der Waals surface area contributed by atoms with E-state index in [1.807, 2.05) is 0 Å². The Hall–Kier alpha value is -5.20. The van der Waals surface area contributed by atoms with Crippen molar-refractivity contribution in [3.05, 3.63) is 169 Å². The molecule has 0 heterocycles. The highest BCUT2D eigenvalue weighted by Gasteiger charge is 2.37. The van der Waals surface area contributed by atoms with E-state index in [4.69, 9.17) is 0 Å². The van der Waals surface area contributed by atoms with Crippen LogP contribution in [0.3, 0.4) is 0 Å². The Morgan fingerprint density at radius 3 is 0.932 bits per heavy atom. The zero-order valence-corrected chi connectivity index (χ0v) is 24.6. The van der Waals surface area contributed by atoms with Crippen LogP contribution in [0.2, 0.25) is 0 Å². The van der Waals surface area contributed by atoms with Crippen molar-refractivity contribution in [2.24, 2.45) is 0 Å². The second-order valence-corrected chi connectivity index (χ2v) is 12.3. The van der Waals surface area contributed by atoms with Crippen molar-refractivity contribution in [1.29, 1.82) is 0 Å². The largest absolute Gasteiger partial charge is 0.0804 e. The van der Waals surface area contributed by atoms with Crippen molar-refractivity contribution in [2.45, 2.75) is 24.7 Å². The molecule has 0 amide bonds. The lowest BCUT2D eigenvalue weighted by molar-refractivity contribution is 0.556. The van der Waals surface area contributed by atoms with Crippen LogP contribution in [0.5, 0.6) is 0 Å². The lowest BCUT2D eigenvalue weighted by atomic mass is 9.64. The lowest BCUT2D eigenvalue weighted by Gasteiger charge is -2.39. The third kappa shape index (κ3) is 3.77. The SMILES string of the molecule is C1=CC2CCC1c1c2c(-c2ccccc2)c2c(-c3ccccc3)c3ccccc3c(-c3ccccc3)c2c1-c1ccccc1. The smallest absolute Gasteiger partial charge is 0.00280 e. The van der Waals surface area contributed by atoms with E-state index >= 15 is 0 Å². The van der Waals surface area contributed by atoms with Crippen LogP contribution in [-0.4, -0.2) is 0 Å². The third-order valence-electron chi connectivity index (χ3n) is 9.90. The summed E-state index contributed by atoms with van der Waals surface area (Å²) < 4.78 is 0. The number of fused-ring (bicyclic) bond motifs is 3. The zero-order valence-electron chi connectivity index (χ0n) is 24.6. The summed E-state index contributed by atoms with van der Waals surface area (Å²) in [6.07, 6.45) is 7.41. The Balaban J connectivity index is 1.65. The van der Waals surface area contributed by atoms with E-state index in [9.17, 15) is 0 Å². The van der Waals surface area contributed by atoms with Crippen molar-refractivity contribution in [2.75, 3.05) is 0 Å². The molecular weight excluding hydrogens is 528 g/mol. The molecule has 2 atom stereocenters. The zero-order chi connectivity index (χ0) is 29.0. The fourth-order valence-corrected chi connectivity index (χ4v) is 8.17. The maximum absolute atomic E-state index is 2.50. The maximum Gasteiger partial charge on any atom is 0.00280 e. The van der Waals surface area contributed by atoms with Crippen molar-refractivity contribution in [1.82, 2.24) is 0 Å². The van der Waals surface area contributed by atoms with Crippen LogP contribution in [-0.2, 0) is 0 Å². The highest BCUT2D eigenvalue weighted by atomic mass is 14.4. The second kappa shape index (κ2) is 10.2. The molecule has 3 aliphatic carbocycles. The molecule has 0 radical (unpaired) electrons. The highest BCUT2D eigenvalue weighted by molar-refractivity contribution is 6.29. The Morgan fingerprint density at radius 2 is 0.614 bits per heavy atom. The van der Waals surface area contributed by atoms with Crippen molar-refractivity contribution in [3.63, 3.8) is 0 Å². The van der Waals surface area contributed by atoms with Gasteiger partial charge in [-0.05, 0) is 90.0 Å². The molecule has 0 saturated heterocycles. The van der Waals surface area contributed by atoms with Gasteiger partial charge in [0, 0.05) is 11.8 Å². The Morgan fingerprint density at radius 1 is 0.318 bits per heavy atom. The van der Waals surface area contributed by atoms with Gasteiger partial charge in [0.15, 0.2) is 0 Å². The molecule has 3 aliphatic rings. The first-order valence-electron chi connectivity index (χ1n) is 15.9. The quantitative estimate of drug-likeness (QED) is 0.148. The van der Waals surface area contributed by atoms with Gasteiger partial charge in [-0.15, -0.1) is 0 Å². The Kier molecular flexibility index (Phi) is 5.87. The van der Waals surface area contributed by atoms with Gasteiger partial charge in [0.05, 0.1) is 0 Å². The minimum absolute atomic E-state index is 0.410. The molecule has 0 heteroatoms. The summed E-state index contributed by atoms with van der Waals surface area (Å²) in [5.41, 5.74) is 13.7. The molecular formula is C44H32. The van der Waals surface area contributed by atoms with E-state index in [1.54, 1.807) is 0 Å². The molecule has 10 rings (SSSR count). The topological polar surface area (TPSA) is 0 Å². The van der Waals surface area contributed by atoms with Crippen LogP contribution >= 0.6 is 0 Å². The average Bonchev–Trinajstić information content (AvgIpc) is 3.11. The minimum Gasteiger partial charge on any atom is -0.0804 e. The van der Waals surface area contributed by atoms with Crippen LogP contribution in [0.25, 0.3) is 66.1 Å². The molecule has 0 saturated carbocycles. The first kappa shape index (κ1) is 25.3. The maximum atomic E-state index is 2.50. The van der Waals surface area contributed by atoms with Gasteiger partial charge in [0.2, 0.25) is 0 Å². The number of allylic oxidation sites excluding steroid dienone is 2. The van der Waals surface area contributed by atoms with Crippen molar-refractivity contribution >= 4 is 21.5 Å². The molecule has 0 nitrogen and oxygen atoms in total. The van der Waals surface area contributed by atoms with Gasteiger partial charge in [-0.3, -0.25) is 0 Å². The van der Waals surface area contributed by atoms with E-state index < -0.39 is 0 Å². The van der Waals surface area contributed by atoms with E-state index in [2.05, 4.69) is 158 Å². The summed E-state index contributed by atoms with van der Waals surface area (Å²) in [4.78, 5) is 0. The molecule has 7 aromatic rings. The first-order valence-corrected chi connectivity index (χ1v) is 15.9. The van der Waals surface area contributed by atoms with E-state index in [0.29, 0.717) is 11.8 Å². The summed E-state index contributed by atoms with van der Waals surface area (Å²) in [5, 5.41) is 5.35. The van der Waals surface area contributed by atoms with Crippen LogP contribution in [0.15, 0.2) is 158 Å². The van der Waals surface area contributed by atoms with E-state index in [0.717, 1.165) is 0 Å². The fourth-order valence-electron chi connectivity index (χ4n) is 8.17. The normalized spacial score (nSPS) is 16.8. The molecule has 44 heavy (non-hydrogen) atoms. The minimum atomic E-state index is 0.410. The van der Waals surface area contributed by atoms with Crippen LogP contribution in [0, 0.1) is 0 Å². The highest BCUT2D eigenvalue weighted by Crippen LogP contribution is 2.59. The lowest BCUT2D eigenvalue weighted by Crippen LogP contribution is -2.20. The summed E-state index contributed by atoms with van der Waals surface area (Å²) >= 11 is 0. The van der Waals surface area contributed by atoms with Crippen LogP contribution < -0.4 is 0 Å². The third-order valence-corrected chi connectivity index (χ3v) is 9.90. The predicted molar refractivity (Wildman–Crippen MR) is 187 cm³/mol. The number of hydrogen-bond acceptors (Lipinski definition) is 0. The summed E-state index contributed by atoms with van der Waals surface area (Å²) in [7, 11) is 0. The number of rotatable bonds is 4. The van der Waals surface area contributed by atoms with Gasteiger partial charge in [-0.2, -0.15) is 0 Å².